The first kappa shape index (κ1) is 14.3. The first-order valence-corrected chi connectivity index (χ1v) is 7.66. The molecule has 3 N–H and O–H groups in total. The van der Waals surface area contributed by atoms with Crippen LogP contribution in [0.3, 0.4) is 0 Å². The lowest BCUT2D eigenvalue weighted by atomic mass is 10.2. The zero-order valence-corrected chi connectivity index (χ0v) is 12.3. The zero-order valence-electron chi connectivity index (χ0n) is 12.3. The normalized spacial score (nSPS) is 19.6. The van der Waals surface area contributed by atoms with Crippen LogP contribution in [0.2, 0.25) is 0 Å². The molecule has 0 spiro atoms. The second-order valence-electron chi connectivity index (χ2n) is 5.83. The van der Waals surface area contributed by atoms with Gasteiger partial charge < -0.3 is 16.0 Å². The molecule has 6 nitrogen and oxygen atoms in total. The smallest absolute Gasteiger partial charge is 0.234 e. The Hall–Kier alpha value is -1.66. The quantitative estimate of drug-likeness (QED) is 0.794. The van der Waals surface area contributed by atoms with Gasteiger partial charge in [-0.2, -0.15) is 0 Å². The highest BCUT2D eigenvalue weighted by Gasteiger charge is 2.25. The van der Waals surface area contributed by atoms with Gasteiger partial charge in [-0.3, -0.25) is 9.69 Å². The Morgan fingerprint density at radius 3 is 2.62 bits per heavy atom. The van der Waals surface area contributed by atoms with Crippen LogP contribution in [0.4, 0.5) is 5.82 Å². The standard InChI is InChI=1S/C15H23N5O/c16-9-12-1-4-14(17-10-12)20-7-5-19(6-8-20)11-15(21)18-13-2-3-13/h1,4,10,13H,2-3,5-9,11,16H2,(H,18,21). The van der Waals surface area contributed by atoms with Crippen LogP contribution in [0.5, 0.6) is 0 Å². The molecule has 2 heterocycles. The van der Waals surface area contributed by atoms with E-state index in [2.05, 4.69) is 20.1 Å². The van der Waals surface area contributed by atoms with Crippen molar-refractivity contribution in [2.75, 3.05) is 37.6 Å². The number of hydrogen-bond donors (Lipinski definition) is 2. The average Bonchev–Trinajstić information content (AvgIpc) is 3.32. The van der Waals surface area contributed by atoms with E-state index in [1.165, 1.54) is 0 Å². The molecule has 114 valence electrons. The first-order chi connectivity index (χ1) is 10.2. The Morgan fingerprint density at radius 1 is 1.29 bits per heavy atom. The third-order valence-electron chi connectivity index (χ3n) is 4.05. The van der Waals surface area contributed by atoms with Gasteiger partial charge in [0.1, 0.15) is 5.82 Å². The van der Waals surface area contributed by atoms with Crippen molar-refractivity contribution in [3.63, 3.8) is 0 Å². The van der Waals surface area contributed by atoms with Gasteiger partial charge in [-0.25, -0.2) is 4.98 Å². The number of nitrogens with two attached hydrogens (primary N) is 1. The second kappa shape index (κ2) is 6.41. The number of carbonyl (C=O) groups excluding carboxylic acids is 1. The molecular formula is C15H23N5O. The largest absolute Gasteiger partial charge is 0.354 e. The minimum Gasteiger partial charge on any atom is -0.354 e. The molecule has 2 aliphatic rings. The van der Waals surface area contributed by atoms with Gasteiger partial charge in [-0.05, 0) is 24.5 Å². The number of carbonyl (C=O) groups is 1. The number of nitrogens with one attached hydrogen (secondary N) is 1. The Morgan fingerprint density at radius 2 is 2.05 bits per heavy atom. The van der Waals surface area contributed by atoms with E-state index in [0.717, 1.165) is 50.4 Å². The molecule has 1 aromatic rings. The zero-order chi connectivity index (χ0) is 14.7. The number of hydrogen-bond acceptors (Lipinski definition) is 5. The molecule has 6 heteroatoms. The van der Waals surface area contributed by atoms with Gasteiger partial charge in [0.15, 0.2) is 0 Å². The van der Waals surface area contributed by atoms with E-state index in [0.29, 0.717) is 19.1 Å². The summed E-state index contributed by atoms with van der Waals surface area (Å²) in [6, 6.07) is 4.50. The molecular weight excluding hydrogens is 266 g/mol. The first-order valence-electron chi connectivity index (χ1n) is 7.66. The van der Waals surface area contributed by atoms with Crippen LogP contribution in [0.1, 0.15) is 18.4 Å². The van der Waals surface area contributed by atoms with Gasteiger partial charge in [0, 0.05) is 45.0 Å². The van der Waals surface area contributed by atoms with E-state index >= 15 is 0 Å². The highest BCUT2D eigenvalue weighted by molar-refractivity contribution is 5.78. The number of aromatic nitrogens is 1. The lowest BCUT2D eigenvalue weighted by Gasteiger charge is -2.35. The van der Waals surface area contributed by atoms with Crippen molar-refractivity contribution in [2.24, 2.45) is 5.73 Å². The summed E-state index contributed by atoms with van der Waals surface area (Å²) >= 11 is 0. The number of rotatable bonds is 5. The maximum absolute atomic E-state index is 11.8. The van der Waals surface area contributed by atoms with Gasteiger partial charge >= 0.3 is 0 Å². The minimum absolute atomic E-state index is 0.163. The van der Waals surface area contributed by atoms with Crippen LogP contribution in [0.15, 0.2) is 18.3 Å². The molecule has 1 saturated carbocycles. The summed E-state index contributed by atoms with van der Waals surface area (Å²) in [5, 5.41) is 3.04. The van der Waals surface area contributed by atoms with Crippen LogP contribution < -0.4 is 16.0 Å². The van der Waals surface area contributed by atoms with E-state index in [1.54, 1.807) is 0 Å². The Bertz CT molecular complexity index is 477. The number of nitrogens with zero attached hydrogens (tertiary/aromatic N) is 3. The SMILES string of the molecule is NCc1ccc(N2CCN(CC(=O)NC3CC3)CC2)nc1. The number of amides is 1. The van der Waals surface area contributed by atoms with Crippen molar-refractivity contribution in [2.45, 2.75) is 25.4 Å². The monoisotopic (exact) mass is 289 g/mol. The van der Waals surface area contributed by atoms with Crippen LogP contribution >= 0.6 is 0 Å². The van der Waals surface area contributed by atoms with Gasteiger partial charge in [-0.1, -0.05) is 6.07 Å². The molecule has 21 heavy (non-hydrogen) atoms. The second-order valence-corrected chi connectivity index (χ2v) is 5.83. The lowest BCUT2D eigenvalue weighted by Crippen LogP contribution is -2.50. The molecule has 1 aromatic heterocycles. The van der Waals surface area contributed by atoms with Gasteiger partial charge in [0.05, 0.1) is 6.54 Å². The number of pyridine rings is 1. The molecule has 0 atom stereocenters. The van der Waals surface area contributed by atoms with Crippen molar-refractivity contribution in [3.8, 4) is 0 Å². The van der Waals surface area contributed by atoms with E-state index in [4.69, 9.17) is 5.73 Å². The maximum Gasteiger partial charge on any atom is 0.234 e. The average molecular weight is 289 g/mol. The molecule has 1 saturated heterocycles. The van der Waals surface area contributed by atoms with E-state index < -0.39 is 0 Å². The maximum atomic E-state index is 11.8. The van der Waals surface area contributed by atoms with Crippen LogP contribution in [0, 0.1) is 0 Å². The summed E-state index contributed by atoms with van der Waals surface area (Å²) in [5.74, 6) is 1.16. The van der Waals surface area contributed by atoms with Crippen molar-refractivity contribution >= 4 is 11.7 Å². The Kier molecular flexibility index (Phi) is 4.36. The predicted molar refractivity (Wildman–Crippen MR) is 81.9 cm³/mol. The minimum atomic E-state index is 0.163. The van der Waals surface area contributed by atoms with Gasteiger partial charge in [0.2, 0.25) is 5.91 Å². The molecule has 2 fully saturated rings. The molecule has 0 unspecified atom stereocenters. The highest BCUT2D eigenvalue weighted by Crippen LogP contribution is 2.18. The molecule has 1 aliphatic heterocycles. The topological polar surface area (TPSA) is 74.5 Å². The van der Waals surface area contributed by atoms with Crippen LogP contribution in [0.25, 0.3) is 0 Å². The molecule has 1 aliphatic carbocycles. The number of anilines is 1. The fourth-order valence-corrected chi connectivity index (χ4v) is 2.56. The van der Waals surface area contributed by atoms with Crippen molar-refractivity contribution in [1.82, 2.24) is 15.2 Å². The summed E-state index contributed by atoms with van der Waals surface area (Å²) in [5.41, 5.74) is 6.63. The fourth-order valence-electron chi connectivity index (χ4n) is 2.56. The molecule has 3 rings (SSSR count). The Balaban J connectivity index is 1.46. The van der Waals surface area contributed by atoms with Crippen molar-refractivity contribution in [1.29, 1.82) is 0 Å². The van der Waals surface area contributed by atoms with Crippen LogP contribution in [-0.4, -0.2) is 54.6 Å². The highest BCUT2D eigenvalue weighted by atomic mass is 16.2. The van der Waals surface area contributed by atoms with Crippen molar-refractivity contribution < 1.29 is 4.79 Å². The van der Waals surface area contributed by atoms with E-state index in [1.807, 2.05) is 18.3 Å². The summed E-state index contributed by atoms with van der Waals surface area (Å²) in [7, 11) is 0. The van der Waals surface area contributed by atoms with Gasteiger partial charge in [0.25, 0.3) is 0 Å². The fraction of sp³-hybridized carbons (Fsp3) is 0.600. The summed E-state index contributed by atoms with van der Waals surface area (Å²) in [4.78, 5) is 20.7. The van der Waals surface area contributed by atoms with E-state index in [9.17, 15) is 4.79 Å². The third-order valence-corrected chi connectivity index (χ3v) is 4.05. The lowest BCUT2D eigenvalue weighted by molar-refractivity contribution is -0.122. The molecule has 0 bridgehead atoms. The third kappa shape index (κ3) is 3.92. The summed E-state index contributed by atoms with van der Waals surface area (Å²) in [6.07, 6.45) is 4.12. The molecule has 0 radical (unpaired) electrons. The Labute approximate surface area is 125 Å². The van der Waals surface area contributed by atoms with Crippen molar-refractivity contribution in [3.05, 3.63) is 23.9 Å². The van der Waals surface area contributed by atoms with Gasteiger partial charge in [-0.15, -0.1) is 0 Å². The van der Waals surface area contributed by atoms with E-state index in [-0.39, 0.29) is 5.91 Å². The predicted octanol–water partition coefficient (Wildman–Crippen LogP) is -0.0591. The molecule has 1 amide bonds. The molecule has 0 aromatic carbocycles. The number of piperazine rings is 1. The summed E-state index contributed by atoms with van der Waals surface area (Å²) in [6.45, 7) is 4.66. The van der Waals surface area contributed by atoms with Crippen LogP contribution in [-0.2, 0) is 11.3 Å². The summed E-state index contributed by atoms with van der Waals surface area (Å²) < 4.78 is 0.